The van der Waals surface area contributed by atoms with E-state index in [1.807, 2.05) is 12.1 Å². The van der Waals surface area contributed by atoms with Gasteiger partial charge in [-0.3, -0.25) is 4.79 Å². The Hall–Kier alpha value is -1.27. The Morgan fingerprint density at radius 3 is 2.94 bits per heavy atom. The zero-order chi connectivity index (χ0) is 13.4. The molecule has 0 amide bonds. The summed E-state index contributed by atoms with van der Waals surface area (Å²) < 4.78 is 9.60. The Bertz CT molecular complexity index is 387. The summed E-state index contributed by atoms with van der Waals surface area (Å²) in [5.41, 5.74) is 6.58. The van der Waals surface area contributed by atoms with Crippen LogP contribution in [0, 0.1) is 0 Å². The van der Waals surface area contributed by atoms with E-state index in [0.717, 1.165) is 17.2 Å². The van der Waals surface area contributed by atoms with Crippen molar-refractivity contribution in [2.45, 2.75) is 18.2 Å². The van der Waals surface area contributed by atoms with Gasteiger partial charge in [-0.25, -0.2) is 4.98 Å². The number of carbonyl (C=O) groups excluding carboxylic acids is 1. The minimum atomic E-state index is -0.541. The standard InChI is InChI=1S/C12H18N2O3S/c1-16-11-5-3-4-9(14-11)8-18-7-6-10(13)12(15)17-2/h3-5,10H,6-8,13H2,1-2H3. The molecule has 1 unspecified atom stereocenters. The molecular weight excluding hydrogens is 252 g/mol. The zero-order valence-corrected chi connectivity index (χ0v) is 11.4. The van der Waals surface area contributed by atoms with E-state index in [2.05, 4.69) is 9.72 Å². The highest BCUT2D eigenvalue weighted by Crippen LogP contribution is 2.14. The Kier molecular flexibility index (Phi) is 6.53. The van der Waals surface area contributed by atoms with Crippen LogP contribution < -0.4 is 10.5 Å². The summed E-state index contributed by atoms with van der Waals surface area (Å²) in [7, 11) is 2.93. The maximum atomic E-state index is 11.1. The summed E-state index contributed by atoms with van der Waals surface area (Å²) in [6.07, 6.45) is 0.599. The fraction of sp³-hybridized carbons (Fsp3) is 0.500. The Morgan fingerprint density at radius 1 is 1.50 bits per heavy atom. The van der Waals surface area contributed by atoms with Crippen LogP contribution in [-0.2, 0) is 15.3 Å². The van der Waals surface area contributed by atoms with Gasteiger partial charge in [-0.1, -0.05) is 6.07 Å². The Labute approximate surface area is 111 Å². The summed E-state index contributed by atoms with van der Waals surface area (Å²) in [5.74, 6) is 1.80. The molecule has 1 aromatic heterocycles. The molecule has 5 nitrogen and oxygen atoms in total. The third-order valence-corrected chi connectivity index (χ3v) is 3.34. The summed E-state index contributed by atoms with van der Waals surface area (Å²) in [6, 6.07) is 5.11. The first-order chi connectivity index (χ1) is 8.67. The van der Waals surface area contributed by atoms with Gasteiger partial charge < -0.3 is 15.2 Å². The lowest BCUT2D eigenvalue weighted by Crippen LogP contribution is -2.31. The maximum Gasteiger partial charge on any atom is 0.322 e. The van der Waals surface area contributed by atoms with Crippen molar-refractivity contribution in [2.75, 3.05) is 20.0 Å². The predicted molar refractivity (Wildman–Crippen MR) is 71.6 cm³/mol. The number of pyridine rings is 1. The lowest BCUT2D eigenvalue weighted by molar-refractivity contribution is -0.142. The van der Waals surface area contributed by atoms with E-state index in [4.69, 9.17) is 10.5 Å². The van der Waals surface area contributed by atoms with Gasteiger partial charge in [-0.2, -0.15) is 11.8 Å². The van der Waals surface area contributed by atoms with Crippen LogP contribution in [0.2, 0.25) is 0 Å². The zero-order valence-electron chi connectivity index (χ0n) is 10.6. The summed E-state index contributed by atoms with van der Waals surface area (Å²) in [6.45, 7) is 0. The molecule has 0 radical (unpaired) electrons. The highest BCUT2D eigenvalue weighted by Gasteiger charge is 2.12. The predicted octanol–water partition coefficient (Wildman–Crippen LogP) is 1.21. The monoisotopic (exact) mass is 270 g/mol. The molecule has 0 spiro atoms. The van der Waals surface area contributed by atoms with Crippen LogP contribution >= 0.6 is 11.8 Å². The van der Waals surface area contributed by atoms with E-state index in [1.165, 1.54) is 7.11 Å². The van der Waals surface area contributed by atoms with Gasteiger partial charge in [0.05, 0.1) is 19.9 Å². The van der Waals surface area contributed by atoms with Gasteiger partial charge in [0, 0.05) is 11.8 Å². The van der Waals surface area contributed by atoms with E-state index in [1.54, 1.807) is 24.9 Å². The molecule has 0 fully saturated rings. The van der Waals surface area contributed by atoms with E-state index < -0.39 is 6.04 Å². The van der Waals surface area contributed by atoms with Crippen LogP contribution in [0.5, 0.6) is 5.88 Å². The van der Waals surface area contributed by atoms with Crippen LogP contribution in [0.25, 0.3) is 0 Å². The van der Waals surface area contributed by atoms with Crippen LogP contribution in [0.4, 0.5) is 0 Å². The van der Waals surface area contributed by atoms with Crippen molar-refractivity contribution in [3.63, 3.8) is 0 Å². The summed E-state index contributed by atoms with van der Waals surface area (Å²) in [4.78, 5) is 15.4. The maximum absolute atomic E-state index is 11.1. The van der Waals surface area contributed by atoms with Gasteiger partial charge in [0.25, 0.3) is 0 Å². The molecule has 6 heteroatoms. The van der Waals surface area contributed by atoms with Crippen LogP contribution in [-0.4, -0.2) is 37.0 Å². The third kappa shape index (κ3) is 4.93. The lowest BCUT2D eigenvalue weighted by atomic mass is 10.2. The normalized spacial score (nSPS) is 11.9. The number of methoxy groups -OCH3 is 2. The quantitative estimate of drug-likeness (QED) is 0.593. The molecule has 0 aromatic carbocycles. The second-order valence-electron chi connectivity index (χ2n) is 3.64. The van der Waals surface area contributed by atoms with Crippen molar-refractivity contribution in [1.82, 2.24) is 4.98 Å². The van der Waals surface area contributed by atoms with E-state index in [-0.39, 0.29) is 5.97 Å². The molecule has 1 heterocycles. The van der Waals surface area contributed by atoms with Crippen molar-refractivity contribution in [3.8, 4) is 5.88 Å². The largest absolute Gasteiger partial charge is 0.481 e. The second kappa shape index (κ2) is 7.94. The molecule has 1 aromatic rings. The van der Waals surface area contributed by atoms with Gasteiger partial charge in [0.2, 0.25) is 5.88 Å². The average molecular weight is 270 g/mol. The van der Waals surface area contributed by atoms with Gasteiger partial charge >= 0.3 is 5.97 Å². The Morgan fingerprint density at radius 2 is 2.28 bits per heavy atom. The fourth-order valence-electron chi connectivity index (χ4n) is 1.31. The van der Waals surface area contributed by atoms with E-state index in [9.17, 15) is 4.79 Å². The highest BCUT2D eigenvalue weighted by atomic mass is 32.2. The molecule has 18 heavy (non-hydrogen) atoms. The number of aromatic nitrogens is 1. The second-order valence-corrected chi connectivity index (χ2v) is 4.75. The van der Waals surface area contributed by atoms with Crippen LogP contribution in [0.1, 0.15) is 12.1 Å². The number of thioether (sulfide) groups is 1. The number of hydrogen-bond acceptors (Lipinski definition) is 6. The molecule has 0 aliphatic carbocycles. The number of ether oxygens (including phenoxy) is 2. The summed E-state index contributed by atoms with van der Waals surface area (Å²) in [5, 5.41) is 0. The van der Waals surface area contributed by atoms with Crippen molar-refractivity contribution in [3.05, 3.63) is 23.9 Å². The third-order valence-electron chi connectivity index (χ3n) is 2.32. The molecular formula is C12H18N2O3S. The smallest absolute Gasteiger partial charge is 0.322 e. The Balaban J connectivity index is 2.27. The molecule has 0 bridgehead atoms. The number of esters is 1. The lowest BCUT2D eigenvalue weighted by Gasteiger charge is -2.08. The number of nitrogens with zero attached hydrogens (tertiary/aromatic N) is 1. The molecule has 1 rings (SSSR count). The first kappa shape index (κ1) is 14.8. The van der Waals surface area contributed by atoms with Crippen molar-refractivity contribution >= 4 is 17.7 Å². The molecule has 0 saturated heterocycles. The van der Waals surface area contributed by atoms with Gasteiger partial charge in [-0.15, -0.1) is 0 Å². The number of hydrogen-bond donors (Lipinski definition) is 1. The van der Waals surface area contributed by atoms with Gasteiger partial charge in [0.15, 0.2) is 0 Å². The minimum Gasteiger partial charge on any atom is -0.481 e. The molecule has 0 saturated carbocycles. The van der Waals surface area contributed by atoms with Crippen molar-refractivity contribution < 1.29 is 14.3 Å². The van der Waals surface area contributed by atoms with E-state index >= 15 is 0 Å². The highest BCUT2D eigenvalue weighted by molar-refractivity contribution is 7.98. The SMILES string of the molecule is COC(=O)C(N)CCSCc1cccc(OC)n1. The first-order valence-electron chi connectivity index (χ1n) is 5.58. The van der Waals surface area contributed by atoms with Crippen molar-refractivity contribution in [2.24, 2.45) is 5.73 Å². The molecule has 0 aliphatic heterocycles. The van der Waals surface area contributed by atoms with Gasteiger partial charge in [0.1, 0.15) is 6.04 Å². The van der Waals surface area contributed by atoms with Gasteiger partial charge in [-0.05, 0) is 18.2 Å². The number of rotatable bonds is 7. The van der Waals surface area contributed by atoms with Crippen molar-refractivity contribution in [1.29, 1.82) is 0 Å². The summed E-state index contributed by atoms with van der Waals surface area (Å²) >= 11 is 1.68. The molecule has 0 aliphatic rings. The van der Waals surface area contributed by atoms with Crippen LogP contribution in [0.15, 0.2) is 18.2 Å². The number of nitrogens with two attached hydrogens (primary N) is 1. The molecule has 100 valence electrons. The number of carbonyl (C=O) groups is 1. The topological polar surface area (TPSA) is 74.4 Å². The molecule has 1 atom stereocenters. The first-order valence-corrected chi connectivity index (χ1v) is 6.74. The van der Waals surface area contributed by atoms with Crippen LogP contribution in [0.3, 0.4) is 0 Å². The fourth-order valence-corrected chi connectivity index (χ4v) is 2.24. The average Bonchev–Trinajstić information content (AvgIpc) is 2.42. The molecule has 2 N–H and O–H groups in total. The van der Waals surface area contributed by atoms with E-state index in [0.29, 0.717) is 12.3 Å². The minimum absolute atomic E-state index is 0.366.